The summed E-state index contributed by atoms with van der Waals surface area (Å²) in [6, 6.07) is 33.6. The lowest BCUT2D eigenvalue weighted by Crippen LogP contribution is -3.07. The molecule has 0 unspecified atom stereocenters. The van der Waals surface area contributed by atoms with Crippen molar-refractivity contribution in [3.63, 3.8) is 0 Å². The number of aliphatic hydroxyl groups excluding tert-OH is 4. The Morgan fingerprint density at radius 2 is 0.708 bits per heavy atom. The highest BCUT2D eigenvalue weighted by Gasteiger charge is 2.99. The molecular weight excluding hydrogens is 604 g/mol. The number of phenolic OH excluding ortho intramolecular Hbond substituents is 2. The summed E-state index contributed by atoms with van der Waals surface area (Å²) >= 11 is 0. The van der Waals surface area contributed by atoms with E-state index in [1.807, 2.05) is 60.7 Å². The van der Waals surface area contributed by atoms with Gasteiger partial charge in [0.05, 0.1) is 26.4 Å². The Morgan fingerprint density at radius 3 is 0.979 bits per heavy atom. The molecule has 8 heteroatoms. The van der Waals surface area contributed by atoms with E-state index in [0.717, 1.165) is 22.3 Å². The molecule has 4 saturated heterocycles. The van der Waals surface area contributed by atoms with Gasteiger partial charge in [0.1, 0.15) is 11.5 Å². The molecule has 0 atom stereocenters. The molecule has 2 aliphatic carbocycles. The van der Waals surface area contributed by atoms with Crippen molar-refractivity contribution in [2.24, 2.45) is 21.7 Å². The molecule has 6 fully saturated rings. The third-order valence-electron chi connectivity index (χ3n) is 13.5. The molecule has 8 bridgehead atoms. The lowest BCUT2D eigenvalue weighted by Gasteiger charge is -2.98. The van der Waals surface area contributed by atoms with E-state index in [1.165, 1.54) is 0 Å². The Balaban J connectivity index is 1.36. The van der Waals surface area contributed by atoms with Crippen molar-refractivity contribution in [1.82, 2.24) is 9.80 Å². The van der Waals surface area contributed by atoms with Crippen molar-refractivity contribution in [2.75, 3.05) is 26.4 Å². The Labute approximate surface area is 280 Å². The summed E-state index contributed by atoms with van der Waals surface area (Å²) in [4.78, 5) is 4.88. The summed E-state index contributed by atoms with van der Waals surface area (Å²) in [6.07, 6.45) is 0. The molecule has 8 nitrogen and oxygen atoms in total. The van der Waals surface area contributed by atoms with Crippen LogP contribution in [0.15, 0.2) is 109 Å². The van der Waals surface area contributed by atoms with E-state index in [9.17, 15) is 30.6 Å². The van der Waals surface area contributed by atoms with Crippen LogP contribution in [-0.2, 0) is 13.1 Å². The molecule has 2 saturated carbocycles. The number of aliphatic hydroxyl groups is 4. The second kappa shape index (κ2) is 10.4. The van der Waals surface area contributed by atoms with Gasteiger partial charge in [-0.2, -0.15) is 0 Å². The summed E-state index contributed by atoms with van der Waals surface area (Å²) in [7, 11) is 0. The number of hydrogen-bond acceptors (Lipinski definition) is 8. The maximum absolute atomic E-state index is 12.0. The van der Waals surface area contributed by atoms with E-state index >= 15 is 0 Å². The molecule has 4 aromatic rings. The summed E-state index contributed by atoms with van der Waals surface area (Å²) in [5, 5.41) is 68.5. The molecule has 0 radical (unpaired) electrons. The van der Waals surface area contributed by atoms with Crippen molar-refractivity contribution < 1.29 is 30.6 Å². The highest BCUT2D eigenvalue weighted by Crippen LogP contribution is 2.91. The van der Waals surface area contributed by atoms with Gasteiger partial charge in [-0.05, 0) is 46.5 Å². The first-order valence-electron chi connectivity index (χ1n) is 17.0. The number of nitrogens with zero attached hydrogens (tertiary/aromatic N) is 2. The SMILES string of the molecule is OCC12C(c3ccc(O)cc3)C3(CO)C4N(Cc5ccccc5)C1C1(CO)C(c5ccc(O)cc5)C4(CO)C3N(Cc3ccccc3)C21. The van der Waals surface area contributed by atoms with E-state index in [1.54, 1.807) is 24.3 Å². The zero-order chi connectivity index (χ0) is 33.1. The molecule has 6 N–H and O–H groups in total. The van der Waals surface area contributed by atoms with Crippen LogP contribution in [0.5, 0.6) is 11.5 Å². The van der Waals surface area contributed by atoms with Crippen LogP contribution in [0.2, 0.25) is 0 Å². The summed E-state index contributed by atoms with van der Waals surface area (Å²) in [5.41, 5.74) is 0.893. The third kappa shape index (κ3) is 3.27. The van der Waals surface area contributed by atoms with Crippen LogP contribution in [0.4, 0.5) is 0 Å². The number of rotatable bonds is 10. The van der Waals surface area contributed by atoms with Crippen molar-refractivity contribution in [3.05, 3.63) is 131 Å². The topological polar surface area (TPSA) is 128 Å². The van der Waals surface area contributed by atoms with E-state index in [4.69, 9.17) is 0 Å². The normalized spacial score (nSPS) is 38.8. The van der Waals surface area contributed by atoms with Crippen LogP contribution in [0.3, 0.4) is 0 Å². The van der Waals surface area contributed by atoms with Gasteiger partial charge in [-0.1, -0.05) is 84.9 Å². The summed E-state index contributed by atoms with van der Waals surface area (Å²) < 4.78 is 0. The predicted molar refractivity (Wildman–Crippen MR) is 179 cm³/mol. The van der Waals surface area contributed by atoms with Crippen LogP contribution in [0.1, 0.15) is 34.1 Å². The van der Waals surface area contributed by atoms with E-state index in [0.29, 0.717) is 13.1 Å². The van der Waals surface area contributed by atoms with Gasteiger partial charge in [0.15, 0.2) is 0 Å². The molecule has 4 aromatic carbocycles. The van der Waals surface area contributed by atoms with E-state index < -0.39 is 21.7 Å². The van der Waals surface area contributed by atoms with E-state index in [2.05, 4.69) is 34.1 Å². The smallest absolute Gasteiger partial charge is 0.115 e. The highest BCUT2D eigenvalue weighted by molar-refractivity contribution is 5.58. The molecule has 0 aromatic heterocycles. The molecule has 4 heterocycles. The van der Waals surface area contributed by atoms with Crippen molar-refractivity contribution in [1.29, 1.82) is 0 Å². The average Bonchev–Trinajstić information content (AvgIpc) is 3.09. The van der Waals surface area contributed by atoms with Gasteiger partial charge in [0.25, 0.3) is 0 Å². The first-order valence-corrected chi connectivity index (χ1v) is 17.0. The minimum Gasteiger partial charge on any atom is -0.508 e. The fourth-order valence-electron chi connectivity index (χ4n) is 13.0. The molecule has 48 heavy (non-hydrogen) atoms. The zero-order valence-corrected chi connectivity index (χ0v) is 26.7. The van der Waals surface area contributed by atoms with Crippen LogP contribution in [0, 0.1) is 21.7 Å². The van der Waals surface area contributed by atoms with Gasteiger partial charge in [-0.15, -0.1) is 0 Å². The monoisotopic (exact) mass is 646 g/mol. The van der Waals surface area contributed by atoms with Crippen molar-refractivity contribution in [2.45, 2.75) is 49.1 Å². The Hall–Kier alpha value is -3.76. The Kier molecular flexibility index (Phi) is 6.55. The van der Waals surface area contributed by atoms with Crippen LogP contribution in [0.25, 0.3) is 0 Å². The minimum absolute atomic E-state index is 0.149. The lowest BCUT2D eigenvalue weighted by molar-refractivity contribution is -0.493. The molecule has 4 aliphatic heterocycles. The maximum Gasteiger partial charge on any atom is 0.115 e. The van der Waals surface area contributed by atoms with Gasteiger partial charge >= 0.3 is 0 Å². The van der Waals surface area contributed by atoms with Gasteiger partial charge in [0, 0.05) is 70.8 Å². The molecule has 248 valence electrons. The summed E-state index contributed by atoms with van der Waals surface area (Å²) in [6.45, 7) is 0.436. The predicted octanol–water partition coefficient (Wildman–Crippen LogP) is 3.43. The number of hydrogen-bond donors (Lipinski definition) is 6. The number of phenols is 2. The number of piperidine rings is 4. The van der Waals surface area contributed by atoms with E-state index in [-0.39, 0.29) is 73.9 Å². The van der Waals surface area contributed by atoms with Crippen LogP contribution in [-0.4, -0.2) is 91.0 Å². The second-order valence-corrected chi connectivity index (χ2v) is 15.1. The molecule has 0 amide bonds. The van der Waals surface area contributed by atoms with Crippen molar-refractivity contribution >= 4 is 0 Å². The zero-order valence-electron chi connectivity index (χ0n) is 26.7. The number of aromatic hydroxyl groups is 2. The van der Waals surface area contributed by atoms with Crippen LogP contribution >= 0.6 is 0 Å². The quantitative estimate of drug-likeness (QED) is 0.155. The van der Waals surface area contributed by atoms with Gasteiger partial charge in [0.2, 0.25) is 0 Å². The minimum atomic E-state index is -0.795. The van der Waals surface area contributed by atoms with Crippen LogP contribution < -0.4 is 0 Å². The van der Waals surface area contributed by atoms with Gasteiger partial charge in [-0.3, -0.25) is 9.80 Å². The largest absolute Gasteiger partial charge is 0.508 e. The number of benzene rings is 4. The maximum atomic E-state index is 12.0. The molecule has 10 rings (SSSR count). The first kappa shape index (κ1) is 30.3. The highest BCUT2D eigenvalue weighted by atomic mass is 16.3. The second-order valence-electron chi connectivity index (χ2n) is 15.1. The average molecular weight is 647 g/mol. The molecular formula is C40H42N2O6. The third-order valence-corrected chi connectivity index (χ3v) is 13.5. The standard InChI is InChI=1S/C40H42N2O6/c43-21-37-31(27-11-15-29(47)16-12-27)38(22-44)34-40(24-46)32(28-13-17-30(48)18-14-28)39(23-45,33(37)41(34)19-25-7-3-1-4-8-25)35(37)42(36(38)40)20-26-9-5-2-6-10-26/h1-18,31-36,43-48H,19-24H2. The fraction of sp³-hybridized carbons (Fsp3) is 0.400. The first-order chi connectivity index (χ1) is 23.4. The fourth-order valence-corrected chi connectivity index (χ4v) is 13.0. The van der Waals surface area contributed by atoms with Gasteiger partial charge < -0.3 is 30.6 Å². The van der Waals surface area contributed by atoms with Crippen molar-refractivity contribution in [3.8, 4) is 11.5 Å². The Bertz CT molecular complexity index is 1620. The summed E-state index contributed by atoms with van der Waals surface area (Å²) in [5.74, 6) is -0.303. The molecule has 6 aliphatic rings. The van der Waals surface area contributed by atoms with Gasteiger partial charge in [-0.25, -0.2) is 0 Å². The lowest BCUT2D eigenvalue weighted by atomic mass is 9.16. The molecule has 0 spiro atoms. The Morgan fingerprint density at radius 1 is 0.417 bits per heavy atom.